The number of nitrogens with one attached hydrogen (secondary N) is 1. The van der Waals surface area contributed by atoms with Gasteiger partial charge in [-0.1, -0.05) is 12.1 Å². The van der Waals surface area contributed by atoms with Gasteiger partial charge in [-0.3, -0.25) is 14.4 Å². The van der Waals surface area contributed by atoms with Gasteiger partial charge in [0.05, 0.1) is 6.42 Å². The topological polar surface area (TPSA) is 69.7 Å². The largest absolute Gasteiger partial charge is 0.330 e. The minimum absolute atomic E-state index is 0.00323. The van der Waals surface area contributed by atoms with Gasteiger partial charge in [0, 0.05) is 35.8 Å². The lowest BCUT2D eigenvalue weighted by atomic mass is 10.2. The van der Waals surface area contributed by atoms with Crippen molar-refractivity contribution in [3.05, 3.63) is 46.7 Å². The molecule has 1 unspecified atom stereocenters. The van der Waals surface area contributed by atoms with Crippen LogP contribution in [0.2, 0.25) is 0 Å². The van der Waals surface area contributed by atoms with Crippen molar-refractivity contribution in [1.82, 2.24) is 4.90 Å². The summed E-state index contributed by atoms with van der Waals surface area (Å²) in [5.41, 5.74) is 1.46. The average molecular weight is 398 g/mol. The molecule has 0 radical (unpaired) electrons. The van der Waals surface area contributed by atoms with Crippen molar-refractivity contribution in [2.45, 2.75) is 38.1 Å². The normalized spacial score (nSPS) is 19.3. The summed E-state index contributed by atoms with van der Waals surface area (Å²) in [4.78, 5) is 41.9. The molecule has 1 N–H and O–H groups in total. The summed E-state index contributed by atoms with van der Waals surface area (Å²) in [6, 6.07) is 10.8. The molecule has 2 aliphatic heterocycles. The zero-order valence-electron chi connectivity index (χ0n) is 15.6. The number of thiophene rings is 1. The zero-order valence-corrected chi connectivity index (χ0v) is 16.4. The summed E-state index contributed by atoms with van der Waals surface area (Å²) in [6.45, 7) is 1.33. The van der Waals surface area contributed by atoms with Crippen LogP contribution in [0.3, 0.4) is 0 Å². The number of carbonyl (C=O) groups excluding carboxylic acids is 3. The van der Waals surface area contributed by atoms with Gasteiger partial charge in [0.1, 0.15) is 6.04 Å². The second-order valence-electron chi connectivity index (χ2n) is 7.19. The number of amides is 3. The van der Waals surface area contributed by atoms with E-state index in [9.17, 15) is 14.4 Å². The van der Waals surface area contributed by atoms with Crippen molar-refractivity contribution < 1.29 is 14.4 Å². The number of benzene rings is 1. The number of anilines is 2. The van der Waals surface area contributed by atoms with Crippen LogP contribution in [0.1, 0.15) is 30.6 Å². The van der Waals surface area contributed by atoms with Crippen LogP contribution in [-0.4, -0.2) is 41.8 Å². The summed E-state index contributed by atoms with van der Waals surface area (Å²) >= 11 is 1.56. The Kier molecular flexibility index (Phi) is 5.43. The lowest BCUT2D eigenvalue weighted by molar-refractivity contribution is -0.136. The van der Waals surface area contributed by atoms with Crippen molar-refractivity contribution in [2.75, 3.05) is 23.3 Å². The number of carbonyl (C=O) groups is 3. The molecule has 0 saturated carbocycles. The van der Waals surface area contributed by atoms with Crippen molar-refractivity contribution >= 4 is 40.4 Å². The standard InChI is InChI=1S/C21H23N3O3S/c25-19-9-3-10-23(19)16-6-1-5-15(13-16)22-21(27)18-8-2-11-24(18)20(26)14-17-7-4-12-28-17/h1,4-7,12-13,18H,2-3,8-11,14H2,(H,22,27). The van der Waals surface area contributed by atoms with E-state index in [0.29, 0.717) is 38.0 Å². The molecule has 0 bridgehead atoms. The zero-order chi connectivity index (χ0) is 19.5. The number of likely N-dealkylation sites (tertiary alicyclic amines) is 1. The quantitative estimate of drug-likeness (QED) is 0.843. The maximum absolute atomic E-state index is 12.8. The first-order chi connectivity index (χ1) is 13.6. The molecule has 1 aromatic heterocycles. The molecular formula is C21H23N3O3S. The van der Waals surface area contributed by atoms with Crippen LogP contribution >= 0.6 is 11.3 Å². The third kappa shape index (κ3) is 3.94. The molecule has 4 rings (SSSR count). The van der Waals surface area contributed by atoms with Crippen LogP contribution in [0.15, 0.2) is 41.8 Å². The first-order valence-corrected chi connectivity index (χ1v) is 10.5. The van der Waals surface area contributed by atoms with E-state index < -0.39 is 6.04 Å². The van der Waals surface area contributed by atoms with Gasteiger partial charge in [-0.25, -0.2) is 0 Å². The van der Waals surface area contributed by atoms with Crippen LogP contribution in [0.25, 0.3) is 0 Å². The SMILES string of the molecule is O=C(Nc1cccc(N2CCCC2=O)c1)C1CCCN1C(=O)Cc1cccs1. The Morgan fingerprint density at radius 3 is 2.79 bits per heavy atom. The number of hydrogen-bond acceptors (Lipinski definition) is 4. The molecule has 6 nitrogen and oxygen atoms in total. The van der Waals surface area contributed by atoms with E-state index in [0.717, 1.165) is 23.4 Å². The fraction of sp³-hybridized carbons (Fsp3) is 0.381. The maximum Gasteiger partial charge on any atom is 0.247 e. The number of nitrogens with zero attached hydrogens (tertiary/aromatic N) is 2. The van der Waals surface area contributed by atoms with Gasteiger partial charge in [-0.05, 0) is 48.9 Å². The fourth-order valence-corrected chi connectivity index (χ4v) is 4.60. The highest BCUT2D eigenvalue weighted by Crippen LogP contribution is 2.26. The second kappa shape index (κ2) is 8.14. The fourth-order valence-electron chi connectivity index (χ4n) is 3.90. The summed E-state index contributed by atoms with van der Waals surface area (Å²) in [7, 11) is 0. The maximum atomic E-state index is 12.8. The summed E-state index contributed by atoms with van der Waals surface area (Å²) in [5.74, 6) is -0.0527. The van der Waals surface area contributed by atoms with Crippen LogP contribution in [-0.2, 0) is 20.8 Å². The third-order valence-corrected chi connectivity index (χ3v) is 6.16. The highest BCUT2D eigenvalue weighted by atomic mass is 32.1. The van der Waals surface area contributed by atoms with Crippen molar-refractivity contribution in [1.29, 1.82) is 0 Å². The van der Waals surface area contributed by atoms with Crippen molar-refractivity contribution in [3.8, 4) is 0 Å². The molecule has 3 amide bonds. The Bertz CT molecular complexity index is 881. The molecule has 3 heterocycles. The average Bonchev–Trinajstić information content (AvgIpc) is 3.43. The highest BCUT2D eigenvalue weighted by molar-refractivity contribution is 7.10. The lowest BCUT2D eigenvalue weighted by Gasteiger charge is -2.24. The van der Waals surface area contributed by atoms with Crippen LogP contribution in [0.5, 0.6) is 0 Å². The molecule has 0 aliphatic carbocycles. The molecular weight excluding hydrogens is 374 g/mol. The summed E-state index contributed by atoms with van der Waals surface area (Å²) < 4.78 is 0. The van der Waals surface area contributed by atoms with Gasteiger partial charge in [0.15, 0.2) is 0 Å². The van der Waals surface area contributed by atoms with E-state index in [1.54, 1.807) is 21.1 Å². The second-order valence-corrected chi connectivity index (χ2v) is 8.22. The summed E-state index contributed by atoms with van der Waals surface area (Å²) in [6.07, 6.45) is 3.27. The Morgan fingerprint density at radius 2 is 2.04 bits per heavy atom. The van der Waals surface area contributed by atoms with E-state index in [2.05, 4.69) is 5.32 Å². The molecule has 2 fully saturated rings. The van der Waals surface area contributed by atoms with E-state index in [-0.39, 0.29) is 17.7 Å². The van der Waals surface area contributed by atoms with Crippen LogP contribution in [0, 0.1) is 0 Å². The Balaban J connectivity index is 1.42. The molecule has 0 spiro atoms. The van der Waals surface area contributed by atoms with Gasteiger partial charge in [0.25, 0.3) is 0 Å². The predicted octanol–water partition coefficient (Wildman–Crippen LogP) is 3.05. The monoisotopic (exact) mass is 397 g/mol. The van der Waals surface area contributed by atoms with E-state index >= 15 is 0 Å². The molecule has 2 aliphatic rings. The summed E-state index contributed by atoms with van der Waals surface area (Å²) in [5, 5.41) is 4.89. The molecule has 2 saturated heterocycles. The molecule has 1 atom stereocenters. The minimum atomic E-state index is -0.440. The predicted molar refractivity (Wildman–Crippen MR) is 109 cm³/mol. The number of hydrogen-bond donors (Lipinski definition) is 1. The van der Waals surface area contributed by atoms with Gasteiger partial charge >= 0.3 is 0 Å². The van der Waals surface area contributed by atoms with Crippen LogP contribution in [0.4, 0.5) is 11.4 Å². The van der Waals surface area contributed by atoms with Gasteiger partial charge in [0.2, 0.25) is 17.7 Å². The molecule has 7 heteroatoms. The van der Waals surface area contributed by atoms with Gasteiger partial charge in [-0.15, -0.1) is 11.3 Å². The lowest BCUT2D eigenvalue weighted by Crippen LogP contribution is -2.43. The number of rotatable bonds is 5. The molecule has 28 heavy (non-hydrogen) atoms. The molecule has 2 aromatic rings. The van der Waals surface area contributed by atoms with E-state index in [1.165, 1.54) is 0 Å². The Morgan fingerprint density at radius 1 is 1.14 bits per heavy atom. The Labute approximate surface area is 168 Å². The molecule has 146 valence electrons. The highest BCUT2D eigenvalue weighted by Gasteiger charge is 2.34. The first-order valence-electron chi connectivity index (χ1n) is 9.65. The van der Waals surface area contributed by atoms with E-state index in [1.807, 2.05) is 41.8 Å². The first kappa shape index (κ1) is 18.7. The molecule has 1 aromatic carbocycles. The van der Waals surface area contributed by atoms with Gasteiger partial charge in [-0.2, -0.15) is 0 Å². The van der Waals surface area contributed by atoms with E-state index in [4.69, 9.17) is 0 Å². The minimum Gasteiger partial charge on any atom is -0.330 e. The Hall–Kier alpha value is -2.67. The van der Waals surface area contributed by atoms with Crippen molar-refractivity contribution in [2.24, 2.45) is 0 Å². The van der Waals surface area contributed by atoms with Crippen LogP contribution < -0.4 is 10.2 Å². The third-order valence-electron chi connectivity index (χ3n) is 5.28. The van der Waals surface area contributed by atoms with Crippen molar-refractivity contribution in [3.63, 3.8) is 0 Å². The van der Waals surface area contributed by atoms with Gasteiger partial charge < -0.3 is 15.1 Å². The smallest absolute Gasteiger partial charge is 0.247 e.